The van der Waals surface area contributed by atoms with Gasteiger partial charge in [0.05, 0.1) is 5.60 Å². The van der Waals surface area contributed by atoms with Gasteiger partial charge in [0.15, 0.2) is 0 Å². The summed E-state index contributed by atoms with van der Waals surface area (Å²) in [4.78, 5) is 32.9. The maximum Gasteiger partial charge on any atom is 0.272 e. The lowest BCUT2D eigenvalue weighted by molar-refractivity contribution is -0.170. The van der Waals surface area contributed by atoms with Crippen LogP contribution in [0.5, 0.6) is 0 Å². The van der Waals surface area contributed by atoms with Crippen LogP contribution >= 0.6 is 0 Å². The fourth-order valence-electron chi connectivity index (χ4n) is 3.81. The standard InChI is InChI=1S/C19H25N3O3/c1-14-3-2-4-16(20-14)18(24)21-9-7-19(8-10-21)13-22(11-15-5-6-15)17(23)12-25-19/h2-4,15H,5-13H2,1H3. The summed E-state index contributed by atoms with van der Waals surface area (Å²) in [5.74, 6) is 0.786. The zero-order valence-corrected chi connectivity index (χ0v) is 14.7. The minimum absolute atomic E-state index is 0.0136. The van der Waals surface area contributed by atoms with Gasteiger partial charge in [-0.1, -0.05) is 6.07 Å². The minimum Gasteiger partial charge on any atom is -0.363 e. The molecule has 6 nitrogen and oxygen atoms in total. The second-order valence-electron chi connectivity index (χ2n) is 7.65. The van der Waals surface area contributed by atoms with E-state index in [0.29, 0.717) is 31.2 Å². The van der Waals surface area contributed by atoms with Crippen molar-refractivity contribution in [3.63, 3.8) is 0 Å². The molecule has 3 aliphatic rings. The Bertz CT molecular complexity index is 678. The minimum atomic E-state index is -0.278. The van der Waals surface area contributed by atoms with Crippen molar-refractivity contribution in [3.8, 4) is 0 Å². The maximum absolute atomic E-state index is 12.7. The van der Waals surface area contributed by atoms with Gasteiger partial charge in [-0.3, -0.25) is 9.59 Å². The summed E-state index contributed by atoms with van der Waals surface area (Å²) in [6.45, 7) is 4.93. The Morgan fingerprint density at radius 1 is 1.32 bits per heavy atom. The van der Waals surface area contributed by atoms with Gasteiger partial charge in [-0.15, -0.1) is 0 Å². The Morgan fingerprint density at radius 3 is 2.76 bits per heavy atom. The van der Waals surface area contributed by atoms with Crippen LogP contribution in [0.25, 0.3) is 0 Å². The van der Waals surface area contributed by atoms with Crippen LogP contribution in [0.4, 0.5) is 0 Å². The van der Waals surface area contributed by atoms with Crippen molar-refractivity contribution in [2.24, 2.45) is 5.92 Å². The number of amides is 2. The summed E-state index contributed by atoms with van der Waals surface area (Å²) in [5, 5.41) is 0. The molecule has 2 saturated heterocycles. The van der Waals surface area contributed by atoms with Gasteiger partial charge in [-0.25, -0.2) is 4.98 Å². The van der Waals surface area contributed by atoms with E-state index in [1.807, 2.05) is 28.9 Å². The van der Waals surface area contributed by atoms with E-state index >= 15 is 0 Å². The third-order valence-electron chi connectivity index (χ3n) is 5.58. The van der Waals surface area contributed by atoms with Crippen molar-refractivity contribution in [3.05, 3.63) is 29.6 Å². The number of carbonyl (C=O) groups is 2. The summed E-state index contributed by atoms with van der Waals surface area (Å²) in [6.07, 6.45) is 4.03. The average Bonchev–Trinajstić information content (AvgIpc) is 3.43. The number of ether oxygens (including phenoxy) is 1. The van der Waals surface area contributed by atoms with E-state index in [0.717, 1.165) is 25.1 Å². The Balaban J connectivity index is 1.38. The van der Waals surface area contributed by atoms with E-state index in [9.17, 15) is 9.59 Å². The number of piperidine rings is 1. The summed E-state index contributed by atoms with van der Waals surface area (Å²) in [5.41, 5.74) is 1.08. The van der Waals surface area contributed by atoms with Crippen molar-refractivity contribution < 1.29 is 14.3 Å². The number of rotatable bonds is 3. The highest BCUT2D eigenvalue weighted by Crippen LogP contribution is 2.34. The van der Waals surface area contributed by atoms with Crippen LogP contribution in [0.2, 0.25) is 0 Å². The van der Waals surface area contributed by atoms with E-state index in [2.05, 4.69) is 4.98 Å². The molecule has 1 aliphatic carbocycles. The SMILES string of the molecule is Cc1cccc(C(=O)N2CCC3(CC2)CN(CC2CC2)C(=O)CO3)n1. The Hall–Kier alpha value is -1.95. The predicted octanol–water partition coefficient (Wildman–Crippen LogP) is 1.63. The molecule has 0 atom stereocenters. The first kappa shape index (κ1) is 16.5. The largest absolute Gasteiger partial charge is 0.363 e. The quantitative estimate of drug-likeness (QED) is 0.837. The first-order valence-corrected chi connectivity index (χ1v) is 9.19. The van der Waals surface area contributed by atoms with Crippen LogP contribution in [-0.4, -0.2) is 65.0 Å². The molecule has 2 aliphatic heterocycles. The first-order chi connectivity index (χ1) is 12.0. The fourth-order valence-corrected chi connectivity index (χ4v) is 3.81. The maximum atomic E-state index is 12.7. The smallest absolute Gasteiger partial charge is 0.272 e. The second-order valence-corrected chi connectivity index (χ2v) is 7.65. The molecule has 3 fully saturated rings. The molecule has 1 aromatic heterocycles. The molecular weight excluding hydrogens is 318 g/mol. The number of hydrogen-bond acceptors (Lipinski definition) is 4. The van der Waals surface area contributed by atoms with Gasteiger partial charge in [0.1, 0.15) is 12.3 Å². The highest BCUT2D eigenvalue weighted by molar-refractivity contribution is 5.92. The van der Waals surface area contributed by atoms with Crippen LogP contribution in [0, 0.1) is 12.8 Å². The Kier molecular flexibility index (Phi) is 4.23. The number of pyridine rings is 1. The molecule has 1 saturated carbocycles. The molecule has 134 valence electrons. The molecule has 0 N–H and O–H groups in total. The molecule has 0 unspecified atom stereocenters. The summed E-state index contributed by atoms with van der Waals surface area (Å²) in [7, 11) is 0. The van der Waals surface area contributed by atoms with Crippen LogP contribution in [0.15, 0.2) is 18.2 Å². The molecule has 3 heterocycles. The number of carbonyl (C=O) groups excluding carboxylic acids is 2. The molecule has 25 heavy (non-hydrogen) atoms. The molecule has 0 radical (unpaired) electrons. The van der Waals surface area contributed by atoms with Gasteiger partial charge in [0.2, 0.25) is 5.91 Å². The van der Waals surface area contributed by atoms with Gasteiger partial charge in [0.25, 0.3) is 5.91 Å². The molecule has 1 aromatic rings. The number of morpholine rings is 1. The predicted molar refractivity (Wildman–Crippen MR) is 92.1 cm³/mol. The lowest BCUT2D eigenvalue weighted by Gasteiger charge is -2.47. The third kappa shape index (κ3) is 3.54. The first-order valence-electron chi connectivity index (χ1n) is 9.19. The molecule has 0 bridgehead atoms. The molecular formula is C19H25N3O3. The number of nitrogens with zero attached hydrogens (tertiary/aromatic N) is 3. The summed E-state index contributed by atoms with van der Waals surface area (Å²) < 4.78 is 5.96. The molecule has 0 aromatic carbocycles. The topological polar surface area (TPSA) is 62.7 Å². The van der Waals surface area contributed by atoms with Crippen molar-refractivity contribution in [2.75, 3.05) is 32.8 Å². The van der Waals surface area contributed by atoms with Gasteiger partial charge in [0, 0.05) is 31.9 Å². The molecule has 6 heteroatoms. The second kappa shape index (κ2) is 6.41. The number of aromatic nitrogens is 1. The highest BCUT2D eigenvalue weighted by Gasteiger charge is 2.44. The number of likely N-dealkylation sites (tertiary alicyclic amines) is 1. The van der Waals surface area contributed by atoms with Gasteiger partial charge < -0.3 is 14.5 Å². The van der Waals surface area contributed by atoms with Gasteiger partial charge >= 0.3 is 0 Å². The Labute approximate surface area is 148 Å². The molecule has 1 spiro atoms. The monoisotopic (exact) mass is 343 g/mol. The third-order valence-corrected chi connectivity index (χ3v) is 5.58. The van der Waals surface area contributed by atoms with E-state index in [4.69, 9.17) is 4.74 Å². The lowest BCUT2D eigenvalue weighted by Crippen LogP contribution is -2.59. The van der Waals surface area contributed by atoms with Crippen molar-refractivity contribution in [1.82, 2.24) is 14.8 Å². The van der Waals surface area contributed by atoms with Crippen LogP contribution in [-0.2, 0) is 9.53 Å². The van der Waals surface area contributed by atoms with Crippen molar-refractivity contribution in [1.29, 1.82) is 0 Å². The van der Waals surface area contributed by atoms with Gasteiger partial charge in [-0.2, -0.15) is 0 Å². The van der Waals surface area contributed by atoms with E-state index in [1.165, 1.54) is 12.8 Å². The van der Waals surface area contributed by atoms with Crippen molar-refractivity contribution in [2.45, 2.75) is 38.2 Å². The van der Waals surface area contributed by atoms with E-state index in [1.54, 1.807) is 6.07 Å². The average molecular weight is 343 g/mol. The number of hydrogen-bond donors (Lipinski definition) is 0. The van der Waals surface area contributed by atoms with Crippen LogP contribution in [0.3, 0.4) is 0 Å². The zero-order chi connectivity index (χ0) is 17.4. The zero-order valence-electron chi connectivity index (χ0n) is 14.7. The summed E-state index contributed by atoms with van der Waals surface area (Å²) in [6, 6.07) is 5.53. The van der Waals surface area contributed by atoms with Gasteiger partial charge in [-0.05, 0) is 50.7 Å². The van der Waals surface area contributed by atoms with Crippen LogP contribution < -0.4 is 0 Å². The normalized spacial score (nSPS) is 23.2. The lowest BCUT2D eigenvalue weighted by atomic mass is 9.89. The van der Waals surface area contributed by atoms with Crippen molar-refractivity contribution >= 4 is 11.8 Å². The van der Waals surface area contributed by atoms with E-state index < -0.39 is 0 Å². The Morgan fingerprint density at radius 2 is 2.08 bits per heavy atom. The highest BCUT2D eigenvalue weighted by atomic mass is 16.5. The summed E-state index contributed by atoms with van der Waals surface area (Å²) >= 11 is 0. The van der Waals surface area contributed by atoms with E-state index in [-0.39, 0.29) is 24.0 Å². The fraction of sp³-hybridized carbons (Fsp3) is 0.632. The van der Waals surface area contributed by atoms with Crippen LogP contribution in [0.1, 0.15) is 41.9 Å². The molecule has 2 amide bonds. The number of aryl methyl sites for hydroxylation is 1. The molecule has 4 rings (SSSR count).